The number of hydrazine groups is 1. The first-order valence-electron chi connectivity index (χ1n) is 6.15. The number of nitrogens with two attached hydrogens (primary N) is 1. The third-order valence-corrected chi connectivity index (χ3v) is 3.75. The van der Waals surface area contributed by atoms with Crippen LogP contribution in [0.15, 0.2) is 12.1 Å². The summed E-state index contributed by atoms with van der Waals surface area (Å²) in [6.07, 6.45) is 0. The Bertz CT molecular complexity index is 481. The SMILES string of the molecule is CC1CN(C(=O)c2nc(NN)ccc2Cl)CCN1C. The summed E-state index contributed by atoms with van der Waals surface area (Å²) in [7, 11) is 2.05. The maximum absolute atomic E-state index is 12.4. The molecule has 104 valence electrons. The molecular weight excluding hydrogens is 266 g/mol. The van der Waals surface area contributed by atoms with Crippen LogP contribution in [0.5, 0.6) is 0 Å². The molecule has 7 heteroatoms. The fraction of sp³-hybridized carbons (Fsp3) is 0.500. The Kier molecular flexibility index (Phi) is 4.24. The van der Waals surface area contributed by atoms with Crippen LogP contribution in [0.1, 0.15) is 17.4 Å². The number of amides is 1. The zero-order chi connectivity index (χ0) is 14.0. The molecule has 1 aliphatic rings. The molecule has 1 aliphatic heterocycles. The van der Waals surface area contributed by atoms with E-state index in [0.29, 0.717) is 30.0 Å². The first kappa shape index (κ1) is 14.0. The van der Waals surface area contributed by atoms with Gasteiger partial charge in [0.15, 0.2) is 0 Å². The van der Waals surface area contributed by atoms with E-state index in [-0.39, 0.29) is 11.6 Å². The molecule has 0 aliphatic carbocycles. The van der Waals surface area contributed by atoms with Crippen LogP contribution in [0.3, 0.4) is 0 Å². The van der Waals surface area contributed by atoms with Crippen molar-refractivity contribution in [2.75, 3.05) is 32.1 Å². The third-order valence-electron chi connectivity index (χ3n) is 3.44. The number of aromatic nitrogens is 1. The fourth-order valence-electron chi connectivity index (χ4n) is 2.06. The normalized spacial score (nSPS) is 20.4. The molecule has 1 unspecified atom stereocenters. The van der Waals surface area contributed by atoms with Gasteiger partial charge in [-0.3, -0.25) is 4.79 Å². The average molecular weight is 284 g/mol. The number of piperazine rings is 1. The molecular formula is C12H18ClN5O. The maximum atomic E-state index is 12.4. The van der Waals surface area contributed by atoms with Gasteiger partial charge in [-0.05, 0) is 26.1 Å². The second-order valence-corrected chi connectivity index (χ2v) is 5.16. The van der Waals surface area contributed by atoms with Crippen LogP contribution in [0, 0.1) is 0 Å². The van der Waals surface area contributed by atoms with Gasteiger partial charge in [-0.15, -0.1) is 0 Å². The highest BCUT2D eigenvalue weighted by molar-refractivity contribution is 6.33. The fourth-order valence-corrected chi connectivity index (χ4v) is 2.24. The standard InChI is InChI=1S/C12H18ClN5O/c1-8-7-18(6-5-17(8)2)12(19)11-9(13)3-4-10(15-11)16-14/h3-4,8H,5-7,14H2,1-2H3,(H,15,16). The molecule has 0 saturated carbocycles. The predicted molar refractivity (Wildman–Crippen MR) is 75.1 cm³/mol. The van der Waals surface area contributed by atoms with E-state index in [2.05, 4.69) is 29.3 Å². The lowest BCUT2D eigenvalue weighted by molar-refractivity contribution is 0.0567. The number of carbonyl (C=O) groups is 1. The number of nitrogen functional groups attached to an aromatic ring is 1. The van der Waals surface area contributed by atoms with Gasteiger partial charge < -0.3 is 15.2 Å². The van der Waals surface area contributed by atoms with E-state index in [1.54, 1.807) is 17.0 Å². The van der Waals surface area contributed by atoms with Crippen molar-refractivity contribution >= 4 is 23.3 Å². The summed E-state index contributed by atoms with van der Waals surface area (Å²) in [5, 5.41) is 0.343. The Balaban J connectivity index is 2.20. The molecule has 0 aromatic carbocycles. The van der Waals surface area contributed by atoms with Crippen LogP contribution >= 0.6 is 11.6 Å². The molecule has 0 spiro atoms. The Labute approximate surface area is 117 Å². The Morgan fingerprint density at radius 1 is 1.53 bits per heavy atom. The topological polar surface area (TPSA) is 74.5 Å². The van der Waals surface area contributed by atoms with Crippen molar-refractivity contribution in [2.24, 2.45) is 5.84 Å². The number of halogens is 1. The Hall–Kier alpha value is -1.37. The van der Waals surface area contributed by atoms with Crippen molar-refractivity contribution in [3.8, 4) is 0 Å². The molecule has 0 bridgehead atoms. The average Bonchev–Trinajstić information content (AvgIpc) is 2.41. The number of pyridine rings is 1. The highest BCUT2D eigenvalue weighted by Crippen LogP contribution is 2.19. The van der Waals surface area contributed by atoms with Gasteiger partial charge in [-0.25, -0.2) is 10.8 Å². The zero-order valence-electron chi connectivity index (χ0n) is 11.1. The zero-order valence-corrected chi connectivity index (χ0v) is 11.8. The minimum Gasteiger partial charge on any atom is -0.334 e. The lowest BCUT2D eigenvalue weighted by Crippen LogP contribution is -2.52. The van der Waals surface area contributed by atoms with Crippen molar-refractivity contribution in [2.45, 2.75) is 13.0 Å². The van der Waals surface area contributed by atoms with Crippen molar-refractivity contribution in [3.63, 3.8) is 0 Å². The summed E-state index contributed by atoms with van der Waals surface area (Å²) in [5.41, 5.74) is 2.66. The van der Waals surface area contributed by atoms with Crippen LogP contribution in [0.25, 0.3) is 0 Å². The van der Waals surface area contributed by atoms with E-state index in [9.17, 15) is 4.79 Å². The van der Waals surface area contributed by atoms with Crippen LogP contribution in [0.2, 0.25) is 5.02 Å². The van der Waals surface area contributed by atoms with Crippen molar-refractivity contribution in [3.05, 3.63) is 22.8 Å². The lowest BCUT2D eigenvalue weighted by Gasteiger charge is -2.37. The van der Waals surface area contributed by atoms with Gasteiger partial charge in [0, 0.05) is 25.7 Å². The van der Waals surface area contributed by atoms with E-state index < -0.39 is 0 Å². The van der Waals surface area contributed by atoms with Gasteiger partial charge in [0.05, 0.1) is 5.02 Å². The highest BCUT2D eigenvalue weighted by atomic mass is 35.5. The van der Waals surface area contributed by atoms with Gasteiger partial charge in [-0.2, -0.15) is 0 Å². The number of nitrogens with zero attached hydrogens (tertiary/aromatic N) is 3. The van der Waals surface area contributed by atoms with Crippen LogP contribution in [-0.4, -0.2) is 53.4 Å². The summed E-state index contributed by atoms with van der Waals surface area (Å²) in [4.78, 5) is 20.6. The summed E-state index contributed by atoms with van der Waals surface area (Å²) >= 11 is 6.04. The van der Waals surface area contributed by atoms with Crippen molar-refractivity contribution in [1.82, 2.24) is 14.8 Å². The first-order valence-corrected chi connectivity index (χ1v) is 6.53. The van der Waals surface area contributed by atoms with Crippen LogP contribution < -0.4 is 11.3 Å². The largest absolute Gasteiger partial charge is 0.334 e. The molecule has 0 radical (unpaired) electrons. The molecule has 1 fully saturated rings. The number of hydrogen-bond acceptors (Lipinski definition) is 5. The predicted octanol–water partition coefficient (Wildman–Crippen LogP) is 0.797. The molecule has 1 amide bonds. The van der Waals surface area contributed by atoms with Crippen LogP contribution in [-0.2, 0) is 0 Å². The van der Waals surface area contributed by atoms with E-state index >= 15 is 0 Å². The molecule has 2 rings (SSSR count). The lowest BCUT2D eigenvalue weighted by atomic mass is 10.2. The molecule has 1 saturated heterocycles. The minimum atomic E-state index is -0.151. The molecule has 1 aromatic heterocycles. The highest BCUT2D eigenvalue weighted by Gasteiger charge is 2.27. The number of carbonyl (C=O) groups excluding carboxylic acids is 1. The molecule has 2 heterocycles. The molecule has 6 nitrogen and oxygen atoms in total. The smallest absolute Gasteiger partial charge is 0.274 e. The monoisotopic (exact) mass is 283 g/mol. The molecule has 3 N–H and O–H groups in total. The number of anilines is 1. The summed E-state index contributed by atoms with van der Waals surface area (Å²) in [6, 6.07) is 3.58. The van der Waals surface area contributed by atoms with E-state index in [4.69, 9.17) is 17.4 Å². The van der Waals surface area contributed by atoms with Crippen LogP contribution in [0.4, 0.5) is 5.82 Å². The first-order chi connectivity index (χ1) is 9.02. The van der Waals surface area contributed by atoms with Gasteiger partial charge in [0.25, 0.3) is 5.91 Å². The Morgan fingerprint density at radius 2 is 2.26 bits per heavy atom. The van der Waals surface area contributed by atoms with Gasteiger partial charge in [0.2, 0.25) is 0 Å². The number of likely N-dealkylation sites (N-methyl/N-ethyl adjacent to an activating group) is 1. The summed E-state index contributed by atoms with van der Waals surface area (Å²) < 4.78 is 0. The molecule has 1 aromatic rings. The van der Waals surface area contributed by atoms with E-state index in [1.807, 2.05) is 0 Å². The second-order valence-electron chi connectivity index (χ2n) is 4.75. The second kappa shape index (κ2) is 5.73. The molecule has 1 atom stereocenters. The van der Waals surface area contributed by atoms with E-state index in [1.165, 1.54) is 0 Å². The van der Waals surface area contributed by atoms with Crippen molar-refractivity contribution < 1.29 is 4.79 Å². The minimum absolute atomic E-state index is 0.151. The van der Waals surface area contributed by atoms with E-state index in [0.717, 1.165) is 6.54 Å². The summed E-state index contributed by atoms with van der Waals surface area (Å²) in [6.45, 7) is 4.29. The summed E-state index contributed by atoms with van der Waals surface area (Å²) in [5.74, 6) is 5.58. The van der Waals surface area contributed by atoms with Gasteiger partial charge >= 0.3 is 0 Å². The number of hydrogen-bond donors (Lipinski definition) is 2. The van der Waals surface area contributed by atoms with Gasteiger partial charge in [-0.1, -0.05) is 11.6 Å². The quantitative estimate of drug-likeness (QED) is 0.620. The Morgan fingerprint density at radius 3 is 2.89 bits per heavy atom. The number of rotatable bonds is 2. The van der Waals surface area contributed by atoms with Crippen molar-refractivity contribution in [1.29, 1.82) is 0 Å². The number of nitrogens with one attached hydrogen (secondary N) is 1. The maximum Gasteiger partial charge on any atom is 0.274 e. The van der Waals surface area contributed by atoms with Gasteiger partial charge in [0.1, 0.15) is 11.5 Å². The molecule has 19 heavy (non-hydrogen) atoms. The third kappa shape index (κ3) is 2.97.